The van der Waals surface area contributed by atoms with Gasteiger partial charge in [-0.1, -0.05) is 74.5 Å². The summed E-state index contributed by atoms with van der Waals surface area (Å²) in [5.74, 6) is 0. The van der Waals surface area contributed by atoms with E-state index in [0.717, 1.165) is 12.8 Å². The van der Waals surface area contributed by atoms with Crippen molar-refractivity contribution in [3.63, 3.8) is 0 Å². The topological polar surface area (TPSA) is 9.23 Å². The molecule has 2 aliphatic rings. The van der Waals surface area contributed by atoms with Crippen LogP contribution in [0.25, 0.3) is 0 Å². The van der Waals surface area contributed by atoms with E-state index in [1.807, 2.05) is 0 Å². The Labute approximate surface area is 132 Å². The Morgan fingerprint density at radius 3 is 1.38 bits per heavy atom. The first-order chi connectivity index (χ1) is 10.2. The molecular formula is C18H30OSi2. The van der Waals surface area contributed by atoms with Crippen molar-refractivity contribution in [1.82, 2.24) is 0 Å². The molecule has 0 aromatic heterocycles. The van der Waals surface area contributed by atoms with Crippen LogP contribution in [0.3, 0.4) is 0 Å². The number of rotatable bonds is 8. The summed E-state index contributed by atoms with van der Waals surface area (Å²) in [4.78, 5) is 0. The summed E-state index contributed by atoms with van der Waals surface area (Å²) in [6, 6.07) is 4.86. The first-order valence-corrected chi connectivity index (χ1v) is 13.2. The number of hydrogen-bond donors (Lipinski definition) is 0. The molecule has 2 aliphatic carbocycles. The Morgan fingerprint density at radius 1 is 0.762 bits per heavy atom. The molecule has 0 aromatic carbocycles. The van der Waals surface area contributed by atoms with Gasteiger partial charge >= 0.3 is 0 Å². The summed E-state index contributed by atoms with van der Waals surface area (Å²) in [5.41, 5.74) is 0. The highest BCUT2D eigenvalue weighted by Crippen LogP contribution is 2.39. The first-order valence-electron chi connectivity index (χ1n) is 8.59. The number of allylic oxidation sites excluding steroid dienone is 8. The highest BCUT2D eigenvalue weighted by atomic mass is 28.4. The van der Waals surface area contributed by atoms with Gasteiger partial charge in [0, 0.05) is 0 Å². The zero-order valence-corrected chi connectivity index (χ0v) is 16.1. The van der Waals surface area contributed by atoms with E-state index in [1.165, 1.54) is 24.2 Å². The molecule has 2 rings (SSSR count). The van der Waals surface area contributed by atoms with E-state index in [-0.39, 0.29) is 0 Å². The third-order valence-electron chi connectivity index (χ3n) is 5.39. The van der Waals surface area contributed by atoms with E-state index in [1.54, 1.807) is 10.4 Å². The van der Waals surface area contributed by atoms with Gasteiger partial charge in [-0.3, -0.25) is 0 Å². The van der Waals surface area contributed by atoms with Crippen molar-refractivity contribution >= 4 is 16.6 Å². The molecule has 0 spiro atoms. The second kappa shape index (κ2) is 7.08. The summed E-state index contributed by atoms with van der Waals surface area (Å²) in [7, 11) is -3.53. The predicted octanol–water partition coefficient (Wildman–Crippen LogP) is 5.82. The Kier molecular flexibility index (Phi) is 5.63. The molecule has 0 heterocycles. The van der Waals surface area contributed by atoms with Crippen molar-refractivity contribution in [3.05, 3.63) is 46.8 Å². The first kappa shape index (κ1) is 16.7. The van der Waals surface area contributed by atoms with Crippen LogP contribution in [0, 0.1) is 0 Å². The van der Waals surface area contributed by atoms with E-state index in [9.17, 15) is 0 Å². The second-order valence-corrected chi connectivity index (χ2v) is 15.1. The molecule has 0 amide bonds. The van der Waals surface area contributed by atoms with Crippen molar-refractivity contribution in [2.45, 2.75) is 64.7 Å². The van der Waals surface area contributed by atoms with Gasteiger partial charge in [-0.15, -0.1) is 0 Å². The molecule has 0 radical (unpaired) electrons. The summed E-state index contributed by atoms with van der Waals surface area (Å²) in [6.07, 6.45) is 16.0. The smallest absolute Gasteiger partial charge is 0.208 e. The van der Waals surface area contributed by atoms with Crippen LogP contribution < -0.4 is 0 Å². The van der Waals surface area contributed by atoms with Gasteiger partial charge in [0.2, 0.25) is 16.6 Å². The lowest BCUT2D eigenvalue weighted by Gasteiger charge is -2.42. The van der Waals surface area contributed by atoms with Gasteiger partial charge in [0.05, 0.1) is 0 Å². The maximum absolute atomic E-state index is 7.25. The highest BCUT2D eigenvalue weighted by Gasteiger charge is 2.45. The Balaban J connectivity index is 2.32. The van der Waals surface area contributed by atoms with Gasteiger partial charge in [0.1, 0.15) is 0 Å². The Morgan fingerprint density at radius 2 is 1.14 bits per heavy atom. The molecule has 1 nitrogen and oxygen atoms in total. The fourth-order valence-corrected chi connectivity index (χ4v) is 14.7. The summed E-state index contributed by atoms with van der Waals surface area (Å²) >= 11 is 0. The van der Waals surface area contributed by atoms with Crippen LogP contribution in [0.1, 0.15) is 40.5 Å². The molecule has 0 bridgehead atoms. The van der Waals surface area contributed by atoms with Crippen LogP contribution in [0.2, 0.25) is 24.2 Å². The van der Waals surface area contributed by atoms with E-state index >= 15 is 0 Å². The molecule has 0 aliphatic heterocycles. The molecule has 21 heavy (non-hydrogen) atoms. The zero-order chi connectivity index (χ0) is 15.3. The van der Waals surface area contributed by atoms with Crippen LogP contribution in [0.4, 0.5) is 0 Å². The molecule has 0 saturated heterocycles. The summed E-state index contributed by atoms with van der Waals surface area (Å²) in [6.45, 7) is 9.39. The maximum Gasteiger partial charge on any atom is 0.208 e. The second-order valence-electron chi connectivity index (χ2n) is 6.15. The van der Waals surface area contributed by atoms with E-state index in [0.29, 0.717) is 0 Å². The average Bonchev–Trinajstić information content (AvgIpc) is 3.23. The predicted molar refractivity (Wildman–Crippen MR) is 98.2 cm³/mol. The molecular weight excluding hydrogens is 288 g/mol. The SMILES string of the molecule is CC[Si](CC)(O[Si](CC)(CC)C1=CC=CC1)C1=CC=CC1. The van der Waals surface area contributed by atoms with Gasteiger partial charge < -0.3 is 4.12 Å². The van der Waals surface area contributed by atoms with E-state index < -0.39 is 16.6 Å². The molecule has 0 unspecified atom stereocenters. The zero-order valence-electron chi connectivity index (χ0n) is 14.1. The van der Waals surface area contributed by atoms with E-state index in [4.69, 9.17) is 4.12 Å². The van der Waals surface area contributed by atoms with Crippen molar-refractivity contribution in [2.24, 2.45) is 0 Å². The van der Waals surface area contributed by atoms with Crippen LogP contribution >= 0.6 is 0 Å². The molecule has 0 atom stereocenters. The normalized spacial score (nSPS) is 18.3. The molecule has 0 aromatic rings. The van der Waals surface area contributed by atoms with Crippen LogP contribution in [-0.4, -0.2) is 16.6 Å². The van der Waals surface area contributed by atoms with Crippen molar-refractivity contribution < 1.29 is 4.12 Å². The van der Waals surface area contributed by atoms with Crippen molar-refractivity contribution in [2.75, 3.05) is 0 Å². The van der Waals surface area contributed by atoms with Crippen LogP contribution in [0.5, 0.6) is 0 Å². The largest absolute Gasteiger partial charge is 0.448 e. The van der Waals surface area contributed by atoms with Gasteiger partial charge in [-0.25, -0.2) is 0 Å². The Hall–Kier alpha value is -0.646. The standard InChI is InChI=1S/C18H30OSi2/c1-5-20(6-2,17-13-9-10-14-17)19-21(7-3,8-4)18-15-11-12-16-18/h9-13,15H,5-8,14,16H2,1-4H3. The number of hydrogen-bond acceptors (Lipinski definition) is 1. The highest BCUT2D eigenvalue weighted by molar-refractivity contribution is 6.93. The molecule has 3 heteroatoms. The lowest BCUT2D eigenvalue weighted by molar-refractivity contribution is 0.526. The molecule has 0 N–H and O–H groups in total. The molecule has 0 saturated carbocycles. The fraction of sp³-hybridized carbons (Fsp3) is 0.556. The molecule has 116 valence electrons. The minimum absolute atomic E-state index is 1.13. The summed E-state index contributed by atoms with van der Waals surface area (Å²) in [5, 5.41) is 3.25. The van der Waals surface area contributed by atoms with Crippen molar-refractivity contribution in [1.29, 1.82) is 0 Å². The van der Waals surface area contributed by atoms with Crippen LogP contribution in [0.15, 0.2) is 46.8 Å². The lowest BCUT2D eigenvalue weighted by atomic mass is 10.5. The Bertz CT molecular complexity index is 433. The lowest BCUT2D eigenvalue weighted by Crippen LogP contribution is -2.53. The van der Waals surface area contributed by atoms with E-state index in [2.05, 4.69) is 64.2 Å². The molecule has 0 fully saturated rings. The fourth-order valence-electron chi connectivity index (χ4n) is 3.77. The minimum atomic E-state index is -1.76. The quantitative estimate of drug-likeness (QED) is 0.512. The average molecular weight is 319 g/mol. The monoisotopic (exact) mass is 318 g/mol. The van der Waals surface area contributed by atoms with Gasteiger partial charge in [-0.05, 0) is 37.0 Å². The van der Waals surface area contributed by atoms with Gasteiger partial charge in [0.25, 0.3) is 0 Å². The van der Waals surface area contributed by atoms with Crippen molar-refractivity contribution in [3.8, 4) is 0 Å². The minimum Gasteiger partial charge on any atom is -0.448 e. The maximum atomic E-state index is 7.25. The third-order valence-corrected chi connectivity index (χ3v) is 16.2. The summed E-state index contributed by atoms with van der Waals surface area (Å²) < 4.78 is 7.25. The van der Waals surface area contributed by atoms with Gasteiger partial charge in [0.15, 0.2) is 0 Å². The van der Waals surface area contributed by atoms with Gasteiger partial charge in [-0.2, -0.15) is 0 Å². The van der Waals surface area contributed by atoms with Crippen LogP contribution in [-0.2, 0) is 4.12 Å². The third kappa shape index (κ3) is 3.10.